The first-order chi connectivity index (χ1) is 9.15. The minimum Gasteiger partial charge on any atom is -0.466 e. The molecule has 0 saturated heterocycles. The second-order valence-corrected chi connectivity index (χ2v) is 7.48. The van der Waals surface area contributed by atoms with E-state index >= 15 is 0 Å². The van der Waals surface area contributed by atoms with Crippen LogP contribution >= 0.6 is 0 Å². The van der Waals surface area contributed by atoms with Crippen molar-refractivity contribution in [2.24, 2.45) is 11.3 Å². The van der Waals surface area contributed by atoms with E-state index in [1.165, 1.54) is 0 Å². The molecule has 0 spiro atoms. The molecule has 0 unspecified atom stereocenters. The number of aliphatic hydroxyl groups is 1. The Kier molecular flexibility index (Phi) is 6.02. The lowest BCUT2D eigenvalue weighted by molar-refractivity contribution is -0.151. The molecule has 1 aliphatic carbocycles. The van der Waals surface area contributed by atoms with E-state index < -0.39 is 5.60 Å². The van der Waals surface area contributed by atoms with Crippen molar-refractivity contribution in [1.82, 2.24) is 4.90 Å². The summed E-state index contributed by atoms with van der Waals surface area (Å²) in [6, 6.07) is 0. The number of carbonyl (C=O) groups is 1. The molecule has 0 atom stereocenters. The van der Waals surface area contributed by atoms with E-state index in [9.17, 15) is 9.90 Å². The lowest BCUT2D eigenvalue weighted by atomic mass is 9.78. The van der Waals surface area contributed by atoms with Gasteiger partial charge in [-0.25, -0.2) is 0 Å². The van der Waals surface area contributed by atoms with Gasteiger partial charge in [0.1, 0.15) is 0 Å². The van der Waals surface area contributed by atoms with Crippen molar-refractivity contribution in [2.45, 2.75) is 59.0 Å². The maximum Gasteiger partial charge on any atom is 0.308 e. The maximum atomic E-state index is 11.7. The summed E-state index contributed by atoms with van der Waals surface area (Å²) in [5.41, 5.74) is -0.420. The topological polar surface area (TPSA) is 49.8 Å². The first-order valence-corrected chi connectivity index (χ1v) is 7.73. The van der Waals surface area contributed by atoms with Crippen molar-refractivity contribution in [1.29, 1.82) is 0 Å². The van der Waals surface area contributed by atoms with Gasteiger partial charge in [-0.3, -0.25) is 4.79 Å². The molecule has 0 amide bonds. The zero-order chi connectivity index (χ0) is 15.4. The average Bonchev–Trinajstić information content (AvgIpc) is 2.26. The van der Waals surface area contributed by atoms with Crippen LogP contribution in [0.15, 0.2) is 0 Å². The van der Waals surface area contributed by atoms with E-state index in [4.69, 9.17) is 4.74 Å². The van der Waals surface area contributed by atoms with Gasteiger partial charge in [0, 0.05) is 13.1 Å². The minimum atomic E-state index is -0.650. The van der Waals surface area contributed by atoms with E-state index in [0.717, 1.165) is 19.4 Å². The third-order valence-corrected chi connectivity index (χ3v) is 3.84. The largest absolute Gasteiger partial charge is 0.466 e. The van der Waals surface area contributed by atoms with Crippen LogP contribution in [0.3, 0.4) is 0 Å². The first kappa shape index (κ1) is 17.4. The molecule has 1 fully saturated rings. The van der Waals surface area contributed by atoms with Crippen LogP contribution in [-0.2, 0) is 9.53 Å². The number of hydrogen-bond acceptors (Lipinski definition) is 4. The zero-order valence-electron chi connectivity index (χ0n) is 13.7. The standard InChI is InChI=1S/C16H31NO3/c1-6-20-14(18)13-7-9-16(19,10-8-13)12-17(5)11-15(2,3)4/h13,19H,6-12H2,1-5H3. The predicted octanol–water partition coefficient (Wildman–Crippen LogP) is 2.45. The molecule has 118 valence electrons. The van der Waals surface area contributed by atoms with Crippen molar-refractivity contribution >= 4 is 5.97 Å². The molecule has 1 rings (SSSR count). The summed E-state index contributed by atoms with van der Waals surface area (Å²) in [7, 11) is 2.06. The molecule has 0 radical (unpaired) electrons. The molecule has 0 aromatic carbocycles. The Balaban J connectivity index is 2.44. The van der Waals surface area contributed by atoms with Crippen molar-refractivity contribution < 1.29 is 14.6 Å². The first-order valence-electron chi connectivity index (χ1n) is 7.73. The molecule has 1 aliphatic rings. The van der Waals surface area contributed by atoms with Gasteiger partial charge in [-0.2, -0.15) is 0 Å². The molecule has 1 saturated carbocycles. The molecular weight excluding hydrogens is 254 g/mol. The van der Waals surface area contributed by atoms with Gasteiger partial charge in [0.25, 0.3) is 0 Å². The number of carbonyl (C=O) groups excluding carboxylic acids is 1. The van der Waals surface area contributed by atoms with Crippen LogP contribution in [0.5, 0.6) is 0 Å². The molecule has 4 heteroatoms. The van der Waals surface area contributed by atoms with Crippen molar-refractivity contribution in [3.05, 3.63) is 0 Å². The van der Waals surface area contributed by atoms with Crippen LogP contribution in [0.1, 0.15) is 53.4 Å². The Morgan fingerprint density at radius 1 is 1.35 bits per heavy atom. The van der Waals surface area contributed by atoms with Gasteiger partial charge in [-0.15, -0.1) is 0 Å². The number of nitrogens with zero attached hydrogens (tertiary/aromatic N) is 1. The Bertz CT molecular complexity index is 314. The molecule has 0 heterocycles. The number of ether oxygens (including phenoxy) is 1. The minimum absolute atomic E-state index is 0.0249. The quantitative estimate of drug-likeness (QED) is 0.788. The van der Waals surface area contributed by atoms with Crippen molar-refractivity contribution in [2.75, 3.05) is 26.7 Å². The van der Waals surface area contributed by atoms with Crippen molar-refractivity contribution in [3.63, 3.8) is 0 Å². The fourth-order valence-electron chi connectivity index (χ4n) is 3.18. The lowest BCUT2D eigenvalue weighted by Crippen LogP contribution is -2.46. The average molecular weight is 285 g/mol. The molecule has 0 aromatic heterocycles. The Labute approximate surface area is 123 Å². The van der Waals surface area contributed by atoms with E-state index in [1.807, 2.05) is 6.92 Å². The summed E-state index contributed by atoms with van der Waals surface area (Å²) >= 11 is 0. The normalized spacial score (nSPS) is 27.6. The van der Waals surface area contributed by atoms with Gasteiger partial charge in [0.15, 0.2) is 0 Å². The summed E-state index contributed by atoms with van der Waals surface area (Å²) in [6.07, 6.45) is 2.84. The number of likely N-dealkylation sites (N-methyl/N-ethyl adjacent to an activating group) is 1. The van der Waals surface area contributed by atoms with E-state index in [-0.39, 0.29) is 17.3 Å². The van der Waals surface area contributed by atoms with Crippen LogP contribution < -0.4 is 0 Å². The second kappa shape index (κ2) is 6.90. The molecule has 20 heavy (non-hydrogen) atoms. The molecule has 0 bridgehead atoms. The van der Waals surface area contributed by atoms with E-state index in [2.05, 4.69) is 32.7 Å². The highest BCUT2D eigenvalue weighted by Crippen LogP contribution is 2.33. The predicted molar refractivity (Wildman–Crippen MR) is 80.5 cm³/mol. The van der Waals surface area contributed by atoms with Crippen LogP contribution in [0.2, 0.25) is 0 Å². The van der Waals surface area contributed by atoms with Crippen LogP contribution in [-0.4, -0.2) is 48.3 Å². The Hall–Kier alpha value is -0.610. The SMILES string of the molecule is CCOC(=O)C1CCC(O)(CN(C)CC(C)(C)C)CC1. The van der Waals surface area contributed by atoms with Gasteiger partial charge < -0.3 is 14.7 Å². The van der Waals surface area contributed by atoms with Crippen LogP contribution in [0.4, 0.5) is 0 Å². The lowest BCUT2D eigenvalue weighted by Gasteiger charge is -2.39. The van der Waals surface area contributed by atoms with E-state index in [0.29, 0.717) is 26.0 Å². The van der Waals surface area contributed by atoms with Gasteiger partial charge >= 0.3 is 5.97 Å². The summed E-state index contributed by atoms with van der Waals surface area (Å²) in [6.45, 7) is 10.5. The smallest absolute Gasteiger partial charge is 0.308 e. The third kappa shape index (κ3) is 5.80. The zero-order valence-corrected chi connectivity index (χ0v) is 13.7. The summed E-state index contributed by atoms with van der Waals surface area (Å²) in [5.74, 6) is -0.124. The molecule has 0 aromatic rings. The summed E-state index contributed by atoms with van der Waals surface area (Å²) in [4.78, 5) is 13.9. The van der Waals surface area contributed by atoms with Crippen LogP contribution in [0, 0.1) is 11.3 Å². The highest BCUT2D eigenvalue weighted by atomic mass is 16.5. The monoisotopic (exact) mass is 285 g/mol. The van der Waals surface area contributed by atoms with Gasteiger partial charge in [-0.1, -0.05) is 20.8 Å². The third-order valence-electron chi connectivity index (χ3n) is 3.84. The number of esters is 1. The fraction of sp³-hybridized carbons (Fsp3) is 0.938. The Morgan fingerprint density at radius 2 is 1.90 bits per heavy atom. The molecule has 1 N–H and O–H groups in total. The molecular formula is C16H31NO3. The second-order valence-electron chi connectivity index (χ2n) is 7.48. The van der Waals surface area contributed by atoms with Crippen LogP contribution in [0.25, 0.3) is 0 Å². The maximum absolute atomic E-state index is 11.7. The summed E-state index contributed by atoms with van der Waals surface area (Å²) in [5, 5.41) is 10.7. The molecule has 0 aliphatic heterocycles. The van der Waals surface area contributed by atoms with Gasteiger partial charge in [0.2, 0.25) is 0 Å². The highest BCUT2D eigenvalue weighted by Gasteiger charge is 2.37. The van der Waals surface area contributed by atoms with Gasteiger partial charge in [-0.05, 0) is 45.1 Å². The summed E-state index contributed by atoms with van der Waals surface area (Å²) < 4.78 is 5.07. The van der Waals surface area contributed by atoms with Crippen molar-refractivity contribution in [3.8, 4) is 0 Å². The van der Waals surface area contributed by atoms with E-state index in [1.54, 1.807) is 0 Å². The number of hydrogen-bond donors (Lipinski definition) is 1. The number of rotatable bonds is 5. The Morgan fingerprint density at radius 3 is 2.35 bits per heavy atom. The fourth-order valence-corrected chi connectivity index (χ4v) is 3.18. The molecule has 4 nitrogen and oxygen atoms in total. The highest BCUT2D eigenvalue weighted by molar-refractivity contribution is 5.72. The van der Waals surface area contributed by atoms with Gasteiger partial charge in [0.05, 0.1) is 18.1 Å².